The first-order chi connectivity index (χ1) is 12.1. The number of anilines is 1. The van der Waals surface area contributed by atoms with Crippen LogP contribution in [0, 0.1) is 18.8 Å². The zero-order valence-electron chi connectivity index (χ0n) is 13.5. The van der Waals surface area contributed by atoms with E-state index in [9.17, 15) is 9.59 Å². The molecule has 0 aliphatic carbocycles. The zero-order chi connectivity index (χ0) is 17.6. The molecule has 25 heavy (non-hydrogen) atoms. The van der Waals surface area contributed by atoms with Crippen molar-refractivity contribution in [2.24, 2.45) is 0 Å². The second-order valence-electron chi connectivity index (χ2n) is 5.32. The number of amides is 1. The van der Waals surface area contributed by atoms with Crippen LogP contribution in [0.3, 0.4) is 0 Å². The minimum atomic E-state index is -0.251. The lowest BCUT2D eigenvalue weighted by Crippen LogP contribution is -2.25. The van der Waals surface area contributed by atoms with E-state index < -0.39 is 0 Å². The molecule has 0 bridgehead atoms. The van der Waals surface area contributed by atoms with E-state index in [-0.39, 0.29) is 17.3 Å². The Morgan fingerprint density at radius 2 is 2.12 bits per heavy atom. The van der Waals surface area contributed by atoms with Gasteiger partial charge in [0.25, 0.3) is 0 Å². The first-order valence-electron chi connectivity index (χ1n) is 7.60. The second kappa shape index (κ2) is 7.60. The van der Waals surface area contributed by atoms with Crippen molar-refractivity contribution in [3.8, 4) is 11.8 Å². The molecule has 0 saturated heterocycles. The molecule has 124 valence electrons. The maximum absolute atomic E-state index is 12.2. The van der Waals surface area contributed by atoms with Crippen molar-refractivity contribution in [2.75, 3.05) is 5.32 Å². The molecule has 3 rings (SSSR count). The molecular weight excluding hydrogens is 334 g/mol. The standard InChI is InChI=1S/C19H15N3O2S/c1-14-13-25-19(24)22(14)12-18(23)21-17-7-4-5-15(11-17)8-9-16-6-2-3-10-20-16/h2-7,10-11,13H,12H2,1H3,(H,21,23). The summed E-state index contributed by atoms with van der Waals surface area (Å²) < 4.78 is 1.45. The highest BCUT2D eigenvalue weighted by Gasteiger charge is 2.08. The van der Waals surface area contributed by atoms with Crippen LogP contribution in [0.15, 0.2) is 58.8 Å². The lowest BCUT2D eigenvalue weighted by Gasteiger charge is -2.07. The van der Waals surface area contributed by atoms with Crippen molar-refractivity contribution in [2.45, 2.75) is 13.5 Å². The Labute approximate surface area is 149 Å². The van der Waals surface area contributed by atoms with Gasteiger partial charge < -0.3 is 5.32 Å². The highest BCUT2D eigenvalue weighted by molar-refractivity contribution is 7.07. The van der Waals surface area contributed by atoms with Gasteiger partial charge in [-0.3, -0.25) is 14.2 Å². The Morgan fingerprint density at radius 3 is 2.84 bits per heavy atom. The molecule has 0 atom stereocenters. The number of aryl methyl sites for hydroxylation is 1. The van der Waals surface area contributed by atoms with Gasteiger partial charge in [0.15, 0.2) is 0 Å². The molecule has 1 amide bonds. The van der Waals surface area contributed by atoms with E-state index in [1.54, 1.807) is 30.6 Å². The molecule has 2 aromatic heterocycles. The summed E-state index contributed by atoms with van der Waals surface area (Å²) in [6.45, 7) is 1.80. The van der Waals surface area contributed by atoms with Gasteiger partial charge in [-0.15, -0.1) is 0 Å². The van der Waals surface area contributed by atoms with Gasteiger partial charge in [-0.25, -0.2) is 4.98 Å². The molecule has 1 aromatic carbocycles. The predicted molar refractivity (Wildman–Crippen MR) is 98.6 cm³/mol. The second-order valence-corrected chi connectivity index (χ2v) is 6.14. The molecule has 0 aliphatic heterocycles. The normalized spacial score (nSPS) is 9.96. The predicted octanol–water partition coefficient (Wildman–Crippen LogP) is 2.65. The summed E-state index contributed by atoms with van der Waals surface area (Å²) in [5.41, 5.74) is 2.87. The summed E-state index contributed by atoms with van der Waals surface area (Å²) >= 11 is 1.09. The number of nitrogens with one attached hydrogen (secondary N) is 1. The summed E-state index contributed by atoms with van der Waals surface area (Å²) in [6.07, 6.45) is 1.69. The number of nitrogens with zero attached hydrogens (tertiary/aromatic N) is 2. The summed E-state index contributed by atoms with van der Waals surface area (Å²) in [5, 5.41) is 4.54. The summed E-state index contributed by atoms with van der Waals surface area (Å²) in [6, 6.07) is 12.8. The number of carbonyl (C=O) groups is 1. The average Bonchev–Trinajstić information content (AvgIpc) is 2.93. The van der Waals surface area contributed by atoms with Crippen molar-refractivity contribution < 1.29 is 4.79 Å². The fourth-order valence-electron chi connectivity index (χ4n) is 2.19. The number of pyridine rings is 1. The minimum absolute atomic E-state index is 0.00198. The van der Waals surface area contributed by atoms with Crippen LogP contribution in [0.25, 0.3) is 0 Å². The van der Waals surface area contributed by atoms with E-state index >= 15 is 0 Å². The van der Waals surface area contributed by atoms with E-state index in [2.05, 4.69) is 22.1 Å². The van der Waals surface area contributed by atoms with E-state index in [4.69, 9.17) is 0 Å². The minimum Gasteiger partial charge on any atom is -0.324 e. The van der Waals surface area contributed by atoms with E-state index in [1.807, 2.05) is 30.3 Å². The maximum atomic E-state index is 12.2. The van der Waals surface area contributed by atoms with Gasteiger partial charge >= 0.3 is 4.87 Å². The molecule has 0 spiro atoms. The highest BCUT2D eigenvalue weighted by Crippen LogP contribution is 2.10. The van der Waals surface area contributed by atoms with Crippen molar-refractivity contribution in [3.05, 3.63) is 80.7 Å². The van der Waals surface area contributed by atoms with Crippen LogP contribution in [0.1, 0.15) is 17.0 Å². The summed E-state index contributed by atoms with van der Waals surface area (Å²) in [7, 11) is 0. The number of aromatic nitrogens is 2. The van der Waals surface area contributed by atoms with Crippen LogP contribution >= 0.6 is 11.3 Å². The number of hydrogen-bond acceptors (Lipinski definition) is 4. The van der Waals surface area contributed by atoms with Crippen molar-refractivity contribution in [3.63, 3.8) is 0 Å². The molecule has 3 aromatic rings. The Kier molecular flexibility index (Phi) is 5.07. The van der Waals surface area contributed by atoms with E-state index in [1.165, 1.54) is 4.57 Å². The summed E-state index contributed by atoms with van der Waals surface area (Å²) in [4.78, 5) is 27.9. The monoisotopic (exact) mass is 349 g/mol. The Bertz CT molecular complexity index is 1010. The molecule has 0 aliphatic rings. The van der Waals surface area contributed by atoms with Gasteiger partial charge in [-0.2, -0.15) is 0 Å². The van der Waals surface area contributed by atoms with E-state index in [0.717, 1.165) is 22.6 Å². The highest BCUT2D eigenvalue weighted by atomic mass is 32.1. The van der Waals surface area contributed by atoms with Crippen molar-refractivity contribution >= 4 is 22.9 Å². The van der Waals surface area contributed by atoms with Crippen LogP contribution in [0.4, 0.5) is 5.69 Å². The first-order valence-corrected chi connectivity index (χ1v) is 8.48. The molecule has 0 saturated carbocycles. The fraction of sp³-hybridized carbons (Fsp3) is 0.105. The topological polar surface area (TPSA) is 64.0 Å². The Balaban J connectivity index is 1.71. The van der Waals surface area contributed by atoms with Crippen LogP contribution < -0.4 is 10.2 Å². The van der Waals surface area contributed by atoms with Crippen molar-refractivity contribution in [1.29, 1.82) is 0 Å². The first kappa shape index (κ1) is 16.7. The van der Waals surface area contributed by atoms with Gasteiger partial charge in [0.1, 0.15) is 12.2 Å². The number of carbonyl (C=O) groups excluding carboxylic acids is 1. The van der Waals surface area contributed by atoms with Crippen LogP contribution in [0.5, 0.6) is 0 Å². The fourth-order valence-corrected chi connectivity index (χ4v) is 2.92. The molecule has 2 heterocycles. The average molecular weight is 349 g/mol. The summed E-state index contributed by atoms with van der Waals surface area (Å²) in [5.74, 6) is 5.74. The van der Waals surface area contributed by atoms with Gasteiger partial charge in [-0.05, 0) is 43.2 Å². The lowest BCUT2D eigenvalue weighted by molar-refractivity contribution is -0.116. The van der Waals surface area contributed by atoms with Gasteiger partial charge in [-0.1, -0.05) is 29.4 Å². The van der Waals surface area contributed by atoms with E-state index in [0.29, 0.717) is 11.4 Å². The van der Waals surface area contributed by atoms with Crippen LogP contribution in [-0.4, -0.2) is 15.5 Å². The third-order valence-corrected chi connectivity index (χ3v) is 4.31. The number of benzene rings is 1. The van der Waals surface area contributed by atoms with Crippen LogP contribution in [0.2, 0.25) is 0 Å². The van der Waals surface area contributed by atoms with Gasteiger partial charge in [0, 0.05) is 28.5 Å². The maximum Gasteiger partial charge on any atom is 0.307 e. The molecule has 5 nitrogen and oxygen atoms in total. The molecule has 0 radical (unpaired) electrons. The number of hydrogen-bond donors (Lipinski definition) is 1. The quantitative estimate of drug-likeness (QED) is 0.740. The largest absolute Gasteiger partial charge is 0.324 e. The number of thiazole rings is 1. The molecule has 1 N–H and O–H groups in total. The van der Waals surface area contributed by atoms with Gasteiger partial charge in [0.05, 0.1) is 0 Å². The van der Waals surface area contributed by atoms with Crippen LogP contribution in [-0.2, 0) is 11.3 Å². The SMILES string of the molecule is Cc1csc(=O)n1CC(=O)Nc1cccc(C#Cc2ccccn2)c1. The number of rotatable bonds is 3. The smallest absolute Gasteiger partial charge is 0.307 e. The molecule has 0 unspecified atom stereocenters. The molecule has 6 heteroatoms. The Morgan fingerprint density at radius 1 is 1.24 bits per heavy atom. The van der Waals surface area contributed by atoms with Crippen molar-refractivity contribution in [1.82, 2.24) is 9.55 Å². The zero-order valence-corrected chi connectivity index (χ0v) is 14.3. The third-order valence-electron chi connectivity index (χ3n) is 3.42. The lowest BCUT2D eigenvalue weighted by atomic mass is 10.2. The third kappa shape index (κ3) is 4.43. The Hall–Kier alpha value is -3.17. The molecule has 0 fully saturated rings. The van der Waals surface area contributed by atoms with Gasteiger partial charge in [0.2, 0.25) is 5.91 Å². The molecular formula is C19H15N3O2S.